The second-order valence-electron chi connectivity index (χ2n) is 7.19. The molecule has 2 aromatic heterocycles. The summed E-state index contributed by atoms with van der Waals surface area (Å²) in [5.74, 6) is -2.01. The van der Waals surface area contributed by atoms with Crippen LogP contribution in [-0.4, -0.2) is 37.3 Å². The summed E-state index contributed by atoms with van der Waals surface area (Å²) in [7, 11) is 1.24. The number of hydrogen-bond donors (Lipinski definition) is 1. The van der Waals surface area contributed by atoms with E-state index in [1.807, 2.05) is 20.8 Å². The highest BCUT2D eigenvalue weighted by molar-refractivity contribution is 6.02. The van der Waals surface area contributed by atoms with Gasteiger partial charge in [-0.1, -0.05) is 20.8 Å². The van der Waals surface area contributed by atoms with Gasteiger partial charge in [0.25, 0.3) is 11.1 Å². The Morgan fingerprint density at radius 1 is 1.20 bits per heavy atom. The number of esters is 1. The molecule has 0 unspecified atom stereocenters. The first-order chi connectivity index (χ1) is 14.1. The fourth-order valence-electron chi connectivity index (χ4n) is 2.79. The van der Waals surface area contributed by atoms with Crippen LogP contribution in [0, 0.1) is 5.92 Å². The summed E-state index contributed by atoms with van der Waals surface area (Å²) >= 11 is 0. The third kappa shape index (κ3) is 4.73. The number of aryl methyl sites for hydroxylation is 1. The topological polar surface area (TPSA) is 148 Å². The van der Waals surface area contributed by atoms with Crippen molar-refractivity contribution in [3.05, 3.63) is 54.6 Å². The van der Waals surface area contributed by atoms with Crippen molar-refractivity contribution in [2.45, 2.75) is 40.3 Å². The van der Waals surface area contributed by atoms with Crippen LogP contribution < -0.4 is 22.5 Å². The Kier molecular flexibility index (Phi) is 7.09. The Labute approximate surface area is 171 Å². The van der Waals surface area contributed by atoms with E-state index in [1.54, 1.807) is 0 Å². The van der Waals surface area contributed by atoms with Crippen LogP contribution >= 0.6 is 0 Å². The molecule has 0 aromatic carbocycles. The number of ketones is 1. The highest BCUT2D eigenvalue weighted by Crippen LogP contribution is 2.09. The number of carbonyl (C=O) groups is 2. The molecule has 0 spiro atoms. The van der Waals surface area contributed by atoms with Crippen LogP contribution in [0.1, 0.15) is 48.0 Å². The first-order valence-electron chi connectivity index (χ1n) is 9.46. The summed E-state index contributed by atoms with van der Waals surface area (Å²) in [6.45, 7) is 5.31. The van der Waals surface area contributed by atoms with E-state index in [-0.39, 0.29) is 29.5 Å². The molecule has 2 heterocycles. The van der Waals surface area contributed by atoms with Crippen molar-refractivity contribution < 1.29 is 14.3 Å². The van der Waals surface area contributed by atoms with Crippen molar-refractivity contribution in [2.24, 2.45) is 13.0 Å². The van der Waals surface area contributed by atoms with E-state index in [0.717, 1.165) is 13.8 Å². The maximum absolute atomic E-state index is 12.6. The molecule has 2 rings (SSSR count). The second kappa shape index (κ2) is 9.33. The molecular weight excluding hydrogens is 394 g/mol. The molecule has 0 saturated heterocycles. The van der Waals surface area contributed by atoms with E-state index in [2.05, 4.69) is 5.10 Å². The summed E-state index contributed by atoms with van der Waals surface area (Å²) in [5, 5.41) is 3.90. The Bertz CT molecular complexity index is 1140. The highest BCUT2D eigenvalue weighted by Gasteiger charge is 2.23. The minimum atomic E-state index is -0.931. The predicted octanol–water partition coefficient (Wildman–Crippen LogP) is -0.208. The zero-order chi connectivity index (χ0) is 22.6. The number of anilines is 1. The molecule has 0 fully saturated rings. The lowest BCUT2D eigenvalue weighted by Crippen LogP contribution is -2.43. The molecule has 11 heteroatoms. The Morgan fingerprint density at radius 2 is 1.87 bits per heavy atom. The molecule has 0 aliphatic rings. The zero-order valence-electron chi connectivity index (χ0n) is 17.4. The molecule has 0 saturated carbocycles. The fraction of sp³-hybridized carbons (Fsp3) is 0.474. The van der Waals surface area contributed by atoms with Gasteiger partial charge in [-0.3, -0.25) is 23.5 Å². The molecule has 2 N–H and O–H groups in total. The van der Waals surface area contributed by atoms with E-state index in [0.29, 0.717) is 13.0 Å². The summed E-state index contributed by atoms with van der Waals surface area (Å²) in [6, 6.07) is 2.37. The van der Waals surface area contributed by atoms with Gasteiger partial charge < -0.3 is 10.5 Å². The van der Waals surface area contributed by atoms with Gasteiger partial charge in [0.1, 0.15) is 11.4 Å². The van der Waals surface area contributed by atoms with Crippen LogP contribution in [0.3, 0.4) is 0 Å². The third-order valence-electron chi connectivity index (χ3n) is 4.26. The van der Waals surface area contributed by atoms with Crippen LogP contribution in [0.4, 0.5) is 5.82 Å². The van der Waals surface area contributed by atoms with Crippen molar-refractivity contribution in [1.29, 1.82) is 0 Å². The smallest absolute Gasteiger partial charge is 0.359 e. The maximum Gasteiger partial charge on any atom is 0.359 e. The molecule has 30 heavy (non-hydrogen) atoms. The number of ether oxygens (including phenoxy) is 1. The van der Waals surface area contributed by atoms with Gasteiger partial charge in [0.15, 0.2) is 12.3 Å². The van der Waals surface area contributed by atoms with Gasteiger partial charge in [-0.25, -0.2) is 14.3 Å². The summed E-state index contributed by atoms with van der Waals surface area (Å²) in [4.78, 5) is 61.2. The van der Waals surface area contributed by atoms with Crippen molar-refractivity contribution in [3.8, 4) is 0 Å². The minimum absolute atomic E-state index is 0.0353. The molecule has 2 aromatic rings. The van der Waals surface area contributed by atoms with E-state index in [4.69, 9.17) is 10.5 Å². The summed E-state index contributed by atoms with van der Waals surface area (Å²) in [5.41, 5.74) is 3.48. The van der Waals surface area contributed by atoms with Gasteiger partial charge in [0, 0.05) is 26.2 Å². The molecule has 0 aliphatic carbocycles. The number of hydrogen-bond acceptors (Lipinski definition) is 8. The number of aromatic nitrogens is 4. The van der Waals surface area contributed by atoms with Crippen molar-refractivity contribution in [3.63, 3.8) is 0 Å². The predicted molar refractivity (Wildman–Crippen MR) is 109 cm³/mol. The van der Waals surface area contributed by atoms with Gasteiger partial charge in [-0.2, -0.15) is 5.10 Å². The van der Waals surface area contributed by atoms with Crippen LogP contribution in [0.5, 0.6) is 0 Å². The Balaban J connectivity index is 2.29. The van der Waals surface area contributed by atoms with Gasteiger partial charge >= 0.3 is 11.7 Å². The lowest BCUT2D eigenvalue weighted by molar-refractivity contribution is 0.0465. The van der Waals surface area contributed by atoms with E-state index in [9.17, 15) is 24.0 Å². The minimum Gasteiger partial charge on any atom is -0.453 e. The first-order valence-corrected chi connectivity index (χ1v) is 9.46. The number of carbonyl (C=O) groups excluding carboxylic acids is 2. The van der Waals surface area contributed by atoms with E-state index < -0.39 is 35.2 Å². The van der Waals surface area contributed by atoms with E-state index >= 15 is 0 Å². The normalized spacial score (nSPS) is 11.0. The van der Waals surface area contributed by atoms with E-state index in [1.165, 1.54) is 19.2 Å². The fourth-order valence-corrected chi connectivity index (χ4v) is 2.79. The number of nitrogens with zero attached hydrogens (tertiary/aromatic N) is 4. The molecule has 0 aliphatic heterocycles. The molecule has 0 atom stereocenters. The third-order valence-corrected chi connectivity index (χ3v) is 4.26. The molecule has 11 nitrogen and oxygen atoms in total. The molecule has 0 bridgehead atoms. The van der Waals surface area contributed by atoms with Crippen LogP contribution in [0.15, 0.2) is 26.5 Å². The van der Waals surface area contributed by atoms with Crippen molar-refractivity contribution in [2.75, 3.05) is 12.3 Å². The van der Waals surface area contributed by atoms with Crippen molar-refractivity contribution >= 4 is 17.6 Å². The van der Waals surface area contributed by atoms with Gasteiger partial charge in [0.2, 0.25) is 5.78 Å². The number of Topliss-reactive ketones (excluding diaryl/α,β-unsaturated/α-hetero) is 1. The number of nitrogens with two attached hydrogens (primary N) is 1. The maximum atomic E-state index is 12.6. The average Bonchev–Trinajstić information content (AvgIpc) is 2.69. The molecule has 0 radical (unpaired) electrons. The summed E-state index contributed by atoms with van der Waals surface area (Å²) < 4.78 is 8.01. The van der Waals surface area contributed by atoms with Crippen LogP contribution in [0.25, 0.3) is 0 Å². The van der Waals surface area contributed by atoms with Crippen molar-refractivity contribution in [1.82, 2.24) is 18.9 Å². The Hall–Kier alpha value is -3.50. The second-order valence-corrected chi connectivity index (χ2v) is 7.19. The summed E-state index contributed by atoms with van der Waals surface area (Å²) in [6.07, 6.45) is 0.637. The largest absolute Gasteiger partial charge is 0.453 e. The highest BCUT2D eigenvalue weighted by atomic mass is 16.5. The standard InChI is InChI=1S/C19H25N5O6/c1-5-8-24-14(26)7-6-12(21-24)18(28)30-10-13(25)15-16(20)23(9-11(2)3)19(29)22(4)17(15)27/h6-7,11H,5,8-10,20H2,1-4H3. The van der Waals surface area contributed by atoms with Crippen LogP contribution in [-0.2, 0) is 24.9 Å². The molecule has 162 valence electrons. The lowest BCUT2D eigenvalue weighted by Gasteiger charge is -2.16. The molecule has 0 amide bonds. The lowest BCUT2D eigenvalue weighted by atomic mass is 10.1. The monoisotopic (exact) mass is 419 g/mol. The van der Waals surface area contributed by atoms with Gasteiger partial charge in [0.05, 0.1) is 0 Å². The average molecular weight is 419 g/mol. The van der Waals surface area contributed by atoms with Gasteiger partial charge in [-0.05, 0) is 18.4 Å². The van der Waals surface area contributed by atoms with Crippen LogP contribution in [0.2, 0.25) is 0 Å². The first kappa shape index (κ1) is 22.8. The SMILES string of the molecule is CCCn1nc(C(=O)OCC(=O)c2c(N)n(CC(C)C)c(=O)n(C)c2=O)ccc1=O. The zero-order valence-corrected chi connectivity index (χ0v) is 17.4. The molecular formula is C19H25N5O6. The quantitative estimate of drug-likeness (QED) is 0.456. The number of rotatable bonds is 8. The van der Waals surface area contributed by atoms with Gasteiger partial charge in [-0.15, -0.1) is 0 Å². The Morgan fingerprint density at radius 3 is 2.47 bits per heavy atom. The number of nitrogen functional groups attached to an aromatic ring is 1.